The van der Waals surface area contributed by atoms with Gasteiger partial charge in [0.2, 0.25) is 0 Å². The lowest BCUT2D eigenvalue weighted by molar-refractivity contribution is 1.07. The smallest absolute Gasteiger partial charge is 0.164 e. The largest absolute Gasteiger partial charge is 0.243 e. The van der Waals surface area contributed by atoms with E-state index in [4.69, 9.17) is 24.9 Å². The van der Waals surface area contributed by atoms with Gasteiger partial charge in [-0.15, -0.1) is 11.3 Å². The van der Waals surface area contributed by atoms with E-state index in [1.165, 1.54) is 10.3 Å². The average Bonchev–Trinajstić information content (AvgIpc) is 3.51. The molecule has 0 unspecified atom stereocenters. The highest BCUT2D eigenvalue weighted by Gasteiger charge is 2.14. The molecule has 9 rings (SSSR count). The van der Waals surface area contributed by atoms with Gasteiger partial charge in [0.1, 0.15) is 10.3 Å². The van der Waals surface area contributed by atoms with Crippen LogP contribution in [0.4, 0.5) is 0 Å². The van der Waals surface area contributed by atoms with E-state index in [2.05, 4.69) is 91.0 Å². The van der Waals surface area contributed by atoms with Crippen LogP contribution in [0, 0.1) is 0 Å². The lowest BCUT2D eigenvalue weighted by Crippen LogP contribution is -2.00. The van der Waals surface area contributed by atoms with E-state index in [0.717, 1.165) is 60.1 Å². The fourth-order valence-corrected chi connectivity index (χ4v) is 6.99. The van der Waals surface area contributed by atoms with Gasteiger partial charge in [-0.05, 0) is 40.5 Å². The summed E-state index contributed by atoms with van der Waals surface area (Å²) < 4.78 is 1.17. The Bertz CT molecular complexity index is 2540. The number of hydrogen-bond donors (Lipinski definition) is 0. The molecule has 0 fully saturated rings. The maximum absolute atomic E-state index is 4.96. The molecule has 6 heteroatoms. The van der Waals surface area contributed by atoms with Crippen LogP contribution in [0.5, 0.6) is 0 Å². The molecule has 0 bridgehead atoms. The first kappa shape index (κ1) is 27.2. The molecule has 220 valence electrons. The molecule has 47 heavy (non-hydrogen) atoms. The molecule has 3 heterocycles. The van der Waals surface area contributed by atoms with Crippen molar-refractivity contribution in [1.82, 2.24) is 24.9 Å². The van der Waals surface area contributed by atoms with Crippen LogP contribution in [0.1, 0.15) is 0 Å². The number of para-hydroxylation sites is 2. The van der Waals surface area contributed by atoms with Crippen LogP contribution >= 0.6 is 11.3 Å². The third-order valence-corrected chi connectivity index (χ3v) is 9.41. The van der Waals surface area contributed by atoms with Gasteiger partial charge in [0, 0.05) is 26.8 Å². The van der Waals surface area contributed by atoms with Crippen molar-refractivity contribution in [3.8, 4) is 56.4 Å². The Morgan fingerprint density at radius 1 is 0.340 bits per heavy atom. The van der Waals surface area contributed by atoms with Gasteiger partial charge >= 0.3 is 0 Å². The monoisotopic (exact) mass is 619 g/mol. The summed E-state index contributed by atoms with van der Waals surface area (Å²) in [6.07, 6.45) is 0. The number of aromatic nitrogens is 5. The van der Waals surface area contributed by atoms with Crippen molar-refractivity contribution < 1.29 is 0 Å². The van der Waals surface area contributed by atoms with Crippen LogP contribution in [-0.2, 0) is 0 Å². The first-order valence-corrected chi connectivity index (χ1v) is 16.2. The van der Waals surface area contributed by atoms with Crippen molar-refractivity contribution in [2.75, 3.05) is 0 Å². The third kappa shape index (κ3) is 5.11. The van der Waals surface area contributed by atoms with Crippen LogP contribution < -0.4 is 0 Å². The molecule has 5 nitrogen and oxygen atoms in total. The number of nitrogens with zero attached hydrogens (tertiary/aromatic N) is 5. The maximum Gasteiger partial charge on any atom is 0.164 e. The predicted molar refractivity (Wildman–Crippen MR) is 193 cm³/mol. The first-order valence-electron chi connectivity index (χ1n) is 15.4. The summed E-state index contributed by atoms with van der Waals surface area (Å²) >= 11 is 1.68. The molecule has 3 aromatic heterocycles. The minimum absolute atomic E-state index is 0.636. The molecule has 0 amide bonds. The fourth-order valence-electron chi connectivity index (χ4n) is 5.92. The van der Waals surface area contributed by atoms with Gasteiger partial charge in [0.15, 0.2) is 17.5 Å². The predicted octanol–water partition coefficient (Wildman–Crippen LogP) is 10.5. The highest BCUT2D eigenvalue weighted by Crippen LogP contribution is 2.36. The van der Waals surface area contributed by atoms with E-state index < -0.39 is 0 Å². The molecule has 6 aromatic carbocycles. The van der Waals surface area contributed by atoms with Crippen molar-refractivity contribution in [2.45, 2.75) is 0 Å². The van der Waals surface area contributed by atoms with Crippen molar-refractivity contribution in [3.05, 3.63) is 152 Å². The van der Waals surface area contributed by atoms with Gasteiger partial charge in [0.05, 0.1) is 11.0 Å². The van der Waals surface area contributed by atoms with Crippen LogP contribution in [-0.4, -0.2) is 24.9 Å². The molecule has 0 saturated carbocycles. The molecular formula is C41H25N5S. The summed E-state index contributed by atoms with van der Waals surface area (Å²) in [5.41, 5.74) is 10.2. The minimum Gasteiger partial charge on any atom is -0.243 e. The van der Waals surface area contributed by atoms with Crippen LogP contribution in [0.25, 0.3) is 87.9 Å². The van der Waals surface area contributed by atoms with Gasteiger partial charge in [0.25, 0.3) is 0 Å². The van der Waals surface area contributed by atoms with Crippen LogP contribution in [0.2, 0.25) is 0 Å². The Kier molecular flexibility index (Phi) is 6.58. The number of benzene rings is 6. The number of thiophene rings is 1. The second-order valence-electron chi connectivity index (χ2n) is 11.4. The van der Waals surface area contributed by atoms with Gasteiger partial charge in [-0.25, -0.2) is 24.9 Å². The Labute approximate surface area is 275 Å². The second-order valence-corrected chi connectivity index (χ2v) is 12.4. The number of rotatable bonds is 5. The molecule has 0 aliphatic carbocycles. The van der Waals surface area contributed by atoms with Gasteiger partial charge < -0.3 is 0 Å². The van der Waals surface area contributed by atoms with Gasteiger partial charge in [-0.2, -0.15) is 0 Å². The summed E-state index contributed by atoms with van der Waals surface area (Å²) in [6.45, 7) is 0. The molecule has 9 aromatic rings. The Hall–Kier alpha value is -6.11. The summed E-state index contributed by atoms with van der Waals surface area (Å²) in [5.74, 6) is 1.92. The lowest BCUT2D eigenvalue weighted by atomic mass is 10.0. The third-order valence-electron chi connectivity index (χ3n) is 8.38. The maximum atomic E-state index is 4.96. The number of hydrogen-bond acceptors (Lipinski definition) is 6. The zero-order valence-electron chi connectivity index (χ0n) is 25.1. The number of fused-ring (bicyclic) bond motifs is 4. The molecule has 0 aliphatic heterocycles. The highest BCUT2D eigenvalue weighted by molar-refractivity contribution is 7.25. The van der Waals surface area contributed by atoms with E-state index in [9.17, 15) is 0 Å². The van der Waals surface area contributed by atoms with E-state index in [0.29, 0.717) is 17.5 Å². The van der Waals surface area contributed by atoms with Crippen molar-refractivity contribution >= 4 is 42.8 Å². The molecular weight excluding hydrogens is 595 g/mol. The molecule has 0 spiro atoms. The zero-order chi connectivity index (χ0) is 31.2. The van der Waals surface area contributed by atoms with E-state index >= 15 is 0 Å². The molecule has 0 aliphatic rings. The zero-order valence-corrected chi connectivity index (χ0v) is 25.9. The molecule has 0 radical (unpaired) electrons. The Morgan fingerprint density at radius 2 is 0.766 bits per heavy atom. The first-order chi connectivity index (χ1) is 23.2. The molecule has 0 N–H and O–H groups in total. The normalized spacial score (nSPS) is 11.4. The van der Waals surface area contributed by atoms with E-state index in [1.807, 2.05) is 60.7 Å². The van der Waals surface area contributed by atoms with Crippen molar-refractivity contribution in [3.63, 3.8) is 0 Å². The Morgan fingerprint density at radius 3 is 1.36 bits per heavy atom. The molecule has 0 atom stereocenters. The summed E-state index contributed by atoms with van der Waals surface area (Å²) in [7, 11) is 0. The second kappa shape index (κ2) is 11.4. The van der Waals surface area contributed by atoms with Crippen molar-refractivity contribution in [1.29, 1.82) is 0 Å². The van der Waals surface area contributed by atoms with Crippen molar-refractivity contribution in [2.24, 2.45) is 0 Å². The van der Waals surface area contributed by atoms with E-state index in [-0.39, 0.29) is 0 Å². The van der Waals surface area contributed by atoms with Gasteiger partial charge in [-0.3, -0.25) is 0 Å². The van der Waals surface area contributed by atoms with Crippen LogP contribution in [0.15, 0.2) is 152 Å². The highest BCUT2D eigenvalue weighted by atomic mass is 32.1. The summed E-state index contributed by atoms with van der Waals surface area (Å²) in [6, 6.07) is 51.9. The SMILES string of the molecule is c1ccc(-c2ccc(-c3nc(-c4ccccc4)nc(-c4ccc(-c5ccc6c(c5)sc5nc7ccccc7nc56)cc4)n3)cc2)cc1. The molecule has 0 saturated heterocycles. The lowest BCUT2D eigenvalue weighted by Gasteiger charge is -2.10. The quantitative estimate of drug-likeness (QED) is 0.192. The van der Waals surface area contributed by atoms with Crippen LogP contribution in [0.3, 0.4) is 0 Å². The standard InChI is InChI=1S/C41H25N5S/c1-3-9-26(10-4-1)27-15-19-30(20-16-27)39-44-38(29-11-5-2-6-12-29)45-40(46-39)31-21-17-28(18-22-31)32-23-24-33-36(25-32)47-41-37(33)42-34-13-7-8-14-35(34)43-41/h1-25H. The van der Waals surface area contributed by atoms with Gasteiger partial charge in [-0.1, -0.05) is 133 Å². The summed E-state index contributed by atoms with van der Waals surface area (Å²) in [4.78, 5) is 25.5. The topological polar surface area (TPSA) is 64.5 Å². The fraction of sp³-hybridized carbons (Fsp3) is 0. The Balaban J connectivity index is 1.08. The average molecular weight is 620 g/mol. The minimum atomic E-state index is 0.636. The summed E-state index contributed by atoms with van der Waals surface area (Å²) in [5, 5.41) is 1.13. The van der Waals surface area contributed by atoms with E-state index in [1.54, 1.807) is 11.3 Å².